The van der Waals surface area contributed by atoms with Crippen LogP contribution in [-0.4, -0.2) is 23.8 Å². The summed E-state index contributed by atoms with van der Waals surface area (Å²) >= 11 is 2.20. The number of hydrogen-bond donors (Lipinski definition) is 2. The van der Waals surface area contributed by atoms with Crippen LogP contribution in [0.1, 0.15) is 46.5 Å². The minimum Gasteiger partial charge on any atom is -0.444 e. The number of halogens is 1. The maximum atomic E-state index is 11.5. The monoisotopic (exact) mass is 340 g/mol. The normalized spacial score (nSPS) is 26.2. The van der Waals surface area contributed by atoms with Gasteiger partial charge in [-0.2, -0.15) is 0 Å². The molecule has 0 aromatic heterocycles. The molecule has 1 aliphatic carbocycles. The fraction of sp³-hybridized carbons (Fsp3) is 0.909. The fourth-order valence-corrected chi connectivity index (χ4v) is 2.44. The van der Waals surface area contributed by atoms with Crippen LogP contribution in [0.3, 0.4) is 0 Å². The van der Waals surface area contributed by atoms with Gasteiger partial charge in [0.05, 0.1) is 0 Å². The van der Waals surface area contributed by atoms with E-state index in [-0.39, 0.29) is 12.1 Å². The molecule has 0 atom stereocenters. The summed E-state index contributed by atoms with van der Waals surface area (Å²) in [7, 11) is 0. The molecule has 0 bridgehead atoms. The Bertz CT molecular complexity index is 233. The maximum absolute atomic E-state index is 11.5. The standard InChI is InChI=1S/C11H21IN2O2/c1-11(2,3)16-10(15)13-8-4-6-9(14-12)7-5-8/h8-9,14H,4-7H2,1-3H3,(H,13,15). The van der Waals surface area contributed by atoms with Crippen molar-refractivity contribution in [2.45, 2.75) is 64.1 Å². The van der Waals surface area contributed by atoms with Gasteiger partial charge in [0.25, 0.3) is 0 Å². The van der Waals surface area contributed by atoms with Gasteiger partial charge in [-0.15, -0.1) is 0 Å². The van der Waals surface area contributed by atoms with E-state index < -0.39 is 5.60 Å². The highest BCUT2D eigenvalue weighted by atomic mass is 127. The Hall–Kier alpha value is -0.0400. The van der Waals surface area contributed by atoms with Gasteiger partial charge < -0.3 is 10.1 Å². The molecule has 5 heteroatoms. The first kappa shape index (κ1) is 14.0. The van der Waals surface area contributed by atoms with E-state index in [1.807, 2.05) is 20.8 Å². The number of nitrogens with one attached hydrogen (secondary N) is 2. The average Bonchev–Trinajstić information content (AvgIpc) is 2.16. The number of alkyl carbamates (subject to hydrolysis) is 1. The summed E-state index contributed by atoms with van der Waals surface area (Å²) in [6.45, 7) is 5.64. The highest BCUT2D eigenvalue weighted by Gasteiger charge is 2.23. The van der Waals surface area contributed by atoms with Crippen molar-refractivity contribution in [1.29, 1.82) is 0 Å². The van der Waals surface area contributed by atoms with E-state index in [0.717, 1.165) is 25.7 Å². The van der Waals surface area contributed by atoms with E-state index in [1.165, 1.54) is 0 Å². The predicted molar refractivity (Wildman–Crippen MR) is 72.6 cm³/mol. The number of carbonyl (C=O) groups excluding carboxylic acids is 1. The van der Waals surface area contributed by atoms with Gasteiger partial charge in [-0.05, 0) is 46.5 Å². The molecule has 4 nitrogen and oxygen atoms in total. The molecular formula is C11H21IN2O2. The molecule has 1 fully saturated rings. The molecule has 0 spiro atoms. The predicted octanol–water partition coefficient (Wildman–Crippen LogP) is 2.76. The van der Waals surface area contributed by atoms with Gasteiger partial charge in [0.2, 0.25) is 0 Å². The molecule has 2 N–H and O–H groups in total. The zero-order chi connectivity index (χ0) is 12.2. The molecule has 0 radical (unpaired) electrons. The smallest absolute Gasteiger partial charge is 0.407 e. The zero-order valence-electron chi connectivity index (χ0n) is 10.2. The summed E-state index contributed by atoms with van der Waals surface area (Å²) in [5.74, 6) is 0. The summed E-state index contributed by atoms with van der Waals surface area (Å²) in [5, 5.41) is 2.93. The molecule has 16 heavy (non-hydrogen) atoms. The summed E-state index contributed by atoms with van der Waals surface area (Å²) in [6, 6.07) is 0.869. The van der Waals surface area contributed by atoms with E-state index in [9.17, 15) is 4.79 Å². The summed E-state index contributed by atoms with van der Waals surface area (Å²) in [4.78, 5) is 11.5. The largest absolute Gasteiger partial charge is 0.444 e. The van der Waals surface area contributed by atoms with Gasteiger partial charge in [-0.25, -0.2) is 4.79 Å². The molecule has 1 saturated carbocycles. The Morgan fingerprint density at radius 1 is 1.19 bits per heavy atom. The van der Waals surface area contributed by atoms with Crippen LogP contribution >= 0.6 is 22.9 Å². The first-order valence-electron chi connectivity index (χ1n) is 5.76. The van der Waals surface area contributed by atoms with Gasteiger partial charge in [-0.1, -0.05) is 0 Å². The molecule has 0 aliphatic heterocycles. The van der Waals surface area contributed by atoms with Crippen molar-refractivity contribution >= 4 is 29.0 Å². The minimum absolute atomic E-state index is 0.274. The van der Waals surface area contributed by atoms with E-state index in [0.29, 0.717) is 6.04 Å². The van der Waals surface area contributed by atoms with Crippen LogP contribution in [0.25, 0.3) is 0 Å². The van der Waals surface area contributed by atoms with E-state index >= 15 is 0 Å². The van der Waals surface area contributed by atoms with E-state index in [2.05, 4.69) is 31.7 Å². The second-order valence-corrected chi connectivity index (χ2v) is 5.93. The van der Waals surface area contributed by atoms with Crippen molar-refractivity contribution in [3.63, 3.8) is 0 Å². The third-order valence-electron chi connectivity index (χ3n) is 2.60. The second-order valence-electron chi connectivity index (χ2n) is 5.30. The fourth-order valence-electron chi connectivity index (χ4n) is 1.82. The minimum atomic E-state index is -0.412. The van der Waals surface area contributed by atoms with Gasteiger partial charge >= 0.3 is 6.09 Å². The molecule has 1 rings (SSSR count). The molecule has 0 heterocycles. The van der Waals surface area contributed by atoms with Gasteiger partial charge in [-0.3, -0.25) is 3.53 Å². The zero-order valence-corrected chi connectivity index (χ0v) is 12.3. The number of hydrogen-bond acceptors (Lipinski definition) is 3. The lowest BCUT2D eigenvalue weighted by atomic mass is 9.92. The summed E-state index contributed by atoms with van der Waals surface area (Å²) < 4.78 is 8.47. The van der Waals surface area contributed by atoms with E-state index in [4.69, 9.17) is 4.74 Å². The van der Waals surface area contributed by atoms with Crippen molar-refractivity contribution in [1.82, 2.24) is 8.85 Å². The number of rotatable bonds is 2. The lowest BCUT2D eigenvalue weighted by Crippen LogP contribution is -2.42. The average molecular weight is 340 g/mol. The first-order valence-corrected chi connectivity index (χ1v) is 6.84. The Labute approximate surface area is 111 Å². The molecule has 0 aromatic carbocycles. The molecule has 94 valence electrons. The Kier molecular flexibility index (Phi) is 5.30. The highest BCUT2D eigenvalue weighted by Crippen LogP contribution is 2.19. The third kappa shape index (κ3) is 5.34. The number of carbonyl (C=O) groups is 1. The SMILES string of the molecule is CC(C)(C)OC(=O)NC1CCC(NI)CC1. The van der Waals surface area contributed by atoms with Crippen LogP contribution < -0.4 is 8.85 Å². The van der Waals surface area contributed by atoms with Crippen LogP contribution in [-0.2, 0) is 4.74 Å². The van der Waals surface area contributed by atoms with Crippen molar-refractivity contribution in [3.8, 4) is 0 Å². The van der Waals surface area contributed by atoms with Crippen LogP contribution in [0.5, 0.6) is 0 Å². The van der Waals surface area contributed by atoms with E-state index in [1.54, 1.807) is 0 Å². The topological polar surface area (TPSA) is 50.4 Å². The van der Waals surface area contributed by atoms with Crippen LogP contribution in [0.15, 0.2) is 0 Å². The van der Waals surface area contributed by atoms with Crippen molar-refractivity contribution in [3.05, 3.63) is 0 Å². The third-order valence-corrected chi connectivity index (χ3v) is 3.48. The summed E-state index contributed by atoms with van der Waals surface area (Å²) in [5.41, 5.74) is -0.412. The second kappa shape index (κ2) is 6.05. The molecular weight excluding hydrogens is 319 g/mol. The van der Waals surface area contributed by atoms with Crippen molar-refractivity contribution in [2.24, 2.45) is 0 Å². The number of ether oxygens (including phenoxy) is 1. The molecule has 0 saturated heterocycles. The Balaban J connectivity index is 2.26. The molecule has 1 aliphatic rings. The molecule has 0 unspecified atom stereocenters. The van der Waals surface area contributed by atoms with Crippen LogP contribution in [0, 0.1) is 0 Å². The quantitative estimate of drug-likeness (QED) is 0.600. The van der Waals surface area contributed by atoms with Crippen molar-refractivity contribution in [2.75, 3.05) is 0 Å². The van der Waals surface area contributed by atoms with Crippen LogP contribution in [0.4, 0.5) is 4.79 Å². The van der Waals surface area contributed by atoms with Gasteiger partial charge in [0.1, 0.15) is 5.60 Å². The maximum Gasteiger partial charge on any atom is 0.407 e. The first-order chi connectivity index (χ1) is 7.40. The number of amides is 1. The highest BCUT2D eigenvalue weighted by molar-refractivity contribution is 14.1. The van der Waals surface area contributed by atoms with Crippen molar-refractivity contribution < 1.29 is 9.53 Å². The Morgan fingerprint density at radius 2 is 1.69 bits per heavy atom. The lowest BCUT2D eigenvalue weighted by Gasteiger charge is -2.29. The van der Waals surface area contributed by atoms with Gasteiger partial charge in [0.15, 0.2) is 0 Å². The van der Waals surface area contributed by atoms with Crippen LogP contribution in [0.2, 0.25) is 0 Å². The molecule has 0 aromatic rings. The Morgan fingerprint density at radius 3 is 2.12 bits per heavy atom. The molecule has 1 amide bonds. The lowest BCUT2D eigenvalue weighted by molar-refractivity contribution is 0.0491. The summed E-state index contributed by atoms with van der Waals surface area (Å²) in [6.07, 6.45) is 3.99. The van der Waals surface area contributed by atoms with Gasteiger partial charge in [0, 0.05) is 34.9 Å².